The first-order valence-electron chi connectivity index (χ1n) is 10.7. The minimum absolute atomic E-state index is 0.0315. The van der Waals surface area contributed by atoms with Crippen molar-refractivity contribution in [3.8, 4) is 22.8 Å². The topological polar surface area (TPSA) is 31.2 Å². The molecule has 156 valence electrons. The number of rotatable bonds is 5. The van der Waals surface area contributed by atoms with Crippen LogP contribution in [0.1, 0.15) is 11.1 Å². The number of aryl methyl sites for hydroxylation is 1. The molecule has 0 aliphatic heterocycles. The largest absolute Gasteiger partial charge is 0.457 e. The molecular formula is C29H23NO2. The van der Waals surface area contributed by atoms with E-state index >= 15 is 0 Å². The van der Waals surface area contributed by atoms with Crippen molar-refractivity contribution >= 4 is 10.8 Å². The van der Waals surface area contributed by atoms with Gasteiger partial charge in [-0.05, 0) is 71.5 Å². The van der Waals surface area contributed by atoms with Gasteiger partial charge in [0.25, 0.3) is 5.56 Å². The summed E-state index contributed by atoms with van der Waals surface area (Å²) in [6.07, 6.45) is 0. The van der Waals surface area contributed by atoms with Crippen molar-refractivity contribution < 1.29 is 4.74 Å². The van der Waals surface area contributed by atoms with E-state index < -0.39 is 0 Å². The Hall–Kier alpha value is -4.11. The van der Waals surface area contributed by atoms with Crippen LogP contribution in [0, 0.1) is 6.92 Å². The van der Waals surface area contributed by atoms with Crippen LogP contribution in [-0.4, -0.2) is 4.57 Å². The molecule has 1 heterocycles. The number of ether oxygens (including phenoxy) is 1. The first-order chi connectivity index (χ1) is 15.7. The van der Waals surface area contributed by atoms with Crippen molar-refractivity contribution in [2.75, 3.05) is 0 Å². The molecule has 3 nitrogen and oxygen atoms in total. The number of hydrogen-bond donors (Lipinski definition) is 0. The van der Waals surface area contributed by atoms with Gasteiger partial charge in [-0.25, -0.2) is 0 Å². The van der Waals surface area contributed by atoms with E-state index in [0.717, 1.165) is 44.7 Å². The Morgan fingerprint density at radius 3 is 2.09 bits per heavy atom. The van der Waals surface area contributed by atoms with Crippen LogP contribution in [-0.2, 0) is 6.54 Å². The summed E-state index contributed by atoms with van der Waals surface area (Å²) in [4.78, 5) is 13.6. The molecule has 0 unspecified atom stereocenters. The van der Waals surface area contributed by atoms with E-state index in [0.29, 0.717) is 6.54 Å². The zero-order valence-corrected chi connectivity index (χ0v) is 17.9. The van der Waals surface area contributed by atoms with Crippen LogP contribution in [0.2, 0.25) is 0 Å². The molecule has 0 bridgehead atoms. The second-order valence-corrected chi connectivity index (χ2v) is 7.89. The molecule has 5 aromatic rings. The maximum atomic E-state index is 13.6. The van der Waals surface area contributed by atoms with Crippen molar-refractivity contribution in [3.05, 3.63) is 131 Å². The highest BCUT2D eigenvalue weighted by atomic mass is 16.5. The zero-order chi connectivity index (χ0) is 21.9. The summed E-state index contributed by atoms with van der Waals surface area (Å²) >= 11 is 0. The maximum absolute atomic E-state index is 13.6. The van der Waals surface area contributed by atoms with E-state index in [-0.39, 0.29) is 5.56 Å². The molecule has 0 aliphatic carbocycles. The first kappa shape index (κ1) is 19.8. The van der Waals surface area contributed by atoms with Crippen molar-refractivity contribution in [2.45, 2.75) is 13.5 Å². The number of benzene rings is 4. The third-order valence-electron chi connectivity index (χ3n) is 5.66. The molecule has 0 radical (unpaired) electrons. The summed E-state index contributed by atoms with van der Waals surface area (Å²) < 4.78 is 7.81. The predicted molar refractivity (Wildman–Crippen MR) is 130 cm³/mol. The third kappa shape index (κ3) is 3.93. The SMILES string of the molecule is Cc1cccc2cc(-c3ccc(Oc4ccccc4)cc3)n(Cc3ccccc3)c(=O)c12. The van der Waals surface area contributed by atoms with Gasteiger partial charge >= 0.3 is 0 Å². The average molecular weight is 418 g/mol. The lowest BCUT2D eigenvalue weighted by molar-refractivity contribution is 0.483. The van der Waals surface area contributed by atoms with Gasteiger partial charge in [-0.1, -0.05) is 66.7 Å². The van der Waals surface area contributed by atoms with Crippen LogP contribution < -0.4 is 10.3 Å². The number of para-hydroxylation sites is 1. The Morgan fingerprint density at radius 2 is 1.38 bits per heavy atom. The van der Waals surface area contributed by atoms with Crippen LogP contribution in [0.3, 0.4) is 0 Å². The molecule has 0 spiro atoms. The Balaban J connectivity index is 1.61. The Labute approximate surface area is 187 Å². The van der Waals surface area contributed by atoms with E-state index in [1.54, 1.807) is 0 Å². The second kappa shape index (κ2) is 8.56. The Kier molecular flexibility index (Phi) is 5.30. The summed E-state index contributed by atoms with van der Waals surface area (Å²) in [7, 11) is 0. The van der Waals surface area contributed by atoms with E-state index in [4.69, 9.17) is 4.74 Å². The zero-order valence-electron chi connectivity index (χ0n) is 17.9. The van der Waals surface area contributed by atoms with Crippen molar-refractivity contribution in [3.63, 3.8) is 0 Å². The van der Waals surface area contributed by atoms with Gasteiger partial charge in [-0.2, -0.15) is 0 Å². The fourth-order valence-corrected chi connectivity index (χ4v) is 4.05. The molecule has 5 rings (SSSR count). The molecule has 32 heavy (non-hydrogen) atoms. The van der Waals surface area contributed by atoms with Gasteiger partial charge in [0.1, 0.15) is 11.5 Å². The standard InChI is InChI=1S/C29H23NO2/c1-21-9-8-12-24-19-27(30(29(31)28(21)24)20-22-10-4-2-5-11-22)23-15-17-26(18-16-23)32-25-13-6-3-7-14-25/h2-19H,20H2,1H3. The van der Waals surface area contributed by atoms with Crippen molar-refractivity contribution in [1.82, 2.24) is 4.57 Å². The van der Waals surface area contributed by atoms with Crippen LogP contribution in [0.15, 0.2) is 114 Å². The van der Waals surface area contributed by atoms with E-state index in [1.165, 1.54) is 0 Å². The van der Waals surface area contributed by atoms with Gasteiger partial charge in [0.2, 0.25) is 0 Å². The molecule has 4 aromatic carbocycles. The maximum Gasteiger partial charge on any atom is 0.259 e. The Bertz CT molecular complexity index is 1420. The number of hydrogen-bond acceptors (Lipinski definition) is 2. The van der Waals surface area contributed by atoms with Gasteiger partial charge in [0.15, 0.2) is 0 Å². The van der Waals surface area contributed by atoms with Gasteiger partial charge in [-0.3, -0.25) is 4.79 Å². The lowest BCUT2D eigenvalue weighted by Gasteiger charge is -2.16. The van der Waals surface area contributed by atoms with Crippen molar-refractivity contribution in [2.24, 2.45) is 0 Å². The molecular weight excluding hydrogens is 394 g/mol. The molecule has 0 atom stereocenters. The molecule has 0 aliphatic rings. The Morgan fingerprint density at radius 1 is 0.719 bits per heavy atom. The van der Waals surface area contributed by atoms with E-state index in [9.17, 15) is 4.79 Å². The average Bonchev–Trinajstić information content (AvgIpc) is 2.83. The lowest BCUT2D eigenvalue weighted by Crippen LogP contribution is -2.23. The fourth-order valence-electron chi connectivity index (χ4n) is 4.05. The smallest absolute Gasteiger partial charge is 0.259 e. The molecule has 0 N–H and O–H groups in total. The number of nitrogens with zero attached hydrogens (tertiary/aromatic N) is 1. The normalized spacial score (nSPS) is 10.9. The van der Waals surface area contributed by atoms with Gasteiger partial charge in [0, 0.05) is 0 Å². The molecule has 1 aromatic heterocycles. The lowest BCUT2D eigenvalue weighted by atomic mass is 10.0. The second-order valence-electron chi connectivity index (χ2n) is 7.89. The summed E-state index contributed by atoms with van der Waals surface area (Å²) in [6, 6.07) is 35.8. The first-order valence-corrected chi connectivity index (χ1v) is 10.7. The summed E-state index contributed by atoms with van der Waals surface area (Å²) in [6.45, 7) is 2.51. The van der Waals surface area contributed by atoms with E-state index in [2.05, 4.69) is 18.2 Å². The fraction of sp³-hybridized carbons (Fsp3) is 0.0690. The van der Waals surface area contributed by atoms with Crippen LogP contribution in [0.25, 0.3) is 22.0 Å². The summed E-state index contributed by atoms with van der Waals surface area (Å²) in [5, 5.41) is 1.73. The van der Waals surface area contributed by atoms with Crippen LogP contribution in [0.5, 0.6) is 11.5 Å². The highest BCUT2D eigenvalue weighted by Gasteiger charge is 2.13. The van der Waals surface area contributed by atoms with Crippen molar-refractivity contribution in [1.29, 1.82) is 0 Å². The molecule has 3 heteroatoms. The molecule has 0 amide bonds. The summed E-state index contributed by atoms with van der Waals surface area (Å²) in [5.74, 6) is 1.55. The van der Waals surface area contributed by atoms with Gasteiger partial charge in [-0.15, -0.1) is 0 Å². The molecule has 0 saturated heterocycles. The third-order valence-corrected chi connectivity index (χ3v) is 5.66. The number of pyridine rings is 1. The molecule has 0 saturated carbocycles. The minimum atomic E-state index is 0.0315. The highest BCUT2D eigenvalue weighted by molar-refractivity contribution is 5.88. The van der Waals surface area contributed by atoms with E-state index in [1.807, 2.05) is 102 Å². The number of fused-ring (bicyclic) bond motifs is 1. The highest BCUT2D eigenvalue weighted by Crippen LogP contribution is 2.28. The van der Waals surface area contributed by atoms with Crippen LogP contribution >= 0.6 is 0 Å². The quantitative estimate of drug-likeness (QED) is 0.314. The monoisotopic (exact) mass is 417 g/mol. The minimum Gasteiger partial charge on any atom is -0.457 e. The molecule has 0 fully saturated rings. The van der Waals surface area contributed by atoms with Crippen LogP contribution in [0.4, 0.5) is 0 Å². The van der Waals surface area contributed by atoms with Gasteiger partial charge < -0.3 is 9.30 Å². The predicted octanol–water partition coefficient (Wildman–Crippen LogP) is 6.82. The summed E-state index contributed by atoms with van der Waals surface area (Å²) in [5.41, 5.74) is 3.98. The van der Waals surface area contributed by atoms with Gasteiger partial charge in [0.05, 0.1) is 17.6 Å². The number of aromatic nitrogens is 1.